The van der Waals surface area contributed by atoms with Crippen molar-refractivity contribution in [3.63, 3.8) is 0 Å². The number of benzene rings is 1. The summed E-state index contributed by atoms with van der Waals surface area (Å²) in [6, 6.07) is 11.6. The molecule has 0 atom stereocenters. The summed E-state index contributed by atoms with van der Waals surface area (Å²) in [6.07, 6.45) is 1.84. The van der Waals surface area contributed by atoms with E-state index in [4.69, 9.17) is 5.73 Å². The summed E-state index contributed by atoms with van der Waals surface area (Å²) < 4.78 is 1.75. The van der Waals surface area contributed by atoms with Crippen molar-refractivity contribution in [1.29, 1.82) is 0 Å². The van der Waals surface area contributed by atoms with E-state index in [2.05, 4.69) is 5.10 Å². The lowest BCUT2D eigenvalue weighted by Gasteiger charge is -1.98. The second-order valence-corrected chi connectivity index (χ2v) is 2.52. The second kappa shape index (κ2) is 3.96. The molecule has 0 aliphatic rings. The molecule has 0 saturated carbocycles. The smallest absolute Gasteiger partial charge is 0.145 e. The number of anilines is 1. The molecular weight excluding hydrogens is 186 g/mol. The Labute approximate surface area is 82.6 Å². The van der Waals surface area contributed by atoms with Gasteiger partial charge in [-0.1, -0.05) is 18.2 Å². The summed E-state index contributed by atoms with van der Waals surface area (Å²) >= 11 is 0. The Hall–Kier alpha value is -1.48. The van der Waals surface area contributed by atoms with Crippen LogP contribution in [-0.2, 0) is 0 Å². The van der Waals surface area contributed by atoms with Gasteiger partial charge in [0.1, 0.15) is 5.82 Å². The molecule has 13 heavy (non-hydrogen) atoms. The van der Waals surface area contributed by atoms with Crippen LogP contribution in [0, 0.1) is 0 Å². The lowest BCUT2D eigenvalue weighted by molar-refractivity contribution is 0.886. The van der Waals surface area contributed by atoms with E-state index in [9.17, 15) is 0 Å². The van der Waals surface area contributed by atoms with E-state index in [1.165, 1.54) is 0 Å². The highest BCUT2D eigenvalue weighted by atomic mass is 35.5. The van der Waals surface area contributed by atoms with Crippen LogP contribution in [0.1, 0.15) is 0 Å². The molecule has 0 aliphatic heterocycles. The number of halogens is 1. The molecular formula is C9H10ClN3. The standard InChI is InChI=1S/C9H9N3.ClH/c10-9-6-7-12(11-9)8-4-2-1-3-5-8;/h1-7H,(H2,10,11);1H. The van der Waals surface area contributed by atoms with Gasteiger partial charge in [-0.25, -0.2) is 4.68 Å². The molecule has 0 unspecified atom stereocenters. The first-order valence-electron chi connectivity index (χ1n) is 3.73. The van der Waals surface area contributed by atoms with Gasteiger partial charge >= 0.3 is 0 Å². The van der Waals surface area contributed by atoms with Gasteiger partial charge in [0.25, 0.3) is 0 Å². The second-order valence-electron chi connectivity index (χ2n) is 2.52. The maximum atomic E-state index is 5.48. The van der Waals surface area contributed by atoms with Gasteiger partial charge in [-0.2, -0.15) is 5.10 Å². The maximum Gasteiger partial charge on any atom is 0.145 e. The zero-order valence-corrected chi connectivity index (χ0v) is 7.74. The molecule has 0 bridgehead atoms. The summed E-state index contributed by atoms with van der Waals surface area (Å²) in [4.78, 5) is 0. The number of aromatic nitrogens is 2. The summed E-state index contributed by atoms with van der Waals surface area (Å²) in [5.41, 5.74) is 6.51. The zero-order chi connectivity index (χ0) is 8.39. The topological polar surface area (TPSA) is 43.8 Å². The Bertz CT molecular complexity index is 369. The van der Waals surface area contributed by atoms with Crippen LogP contribution in [0.5, 0.6) is 0 Å². The van der Waals surface area contributed by atoms with Gasteiger partial charge in [0.05, 0.1) is 5.69 Å². The molecule has 1 aromatic carbocycles. The molecule has 68 valence electrons. The average molecular weight is 196 g/mol. The van der Waals surface area contributed by atoms with Gasteiger partial charge in [0, 0.05) is 12.3 Å². The predicted molar refractivity (Wildman–Crippen MR) is 55.2 cm³/mol. The molecule has 0 aliphatic carbocycles. The Morgan fingerprint density at radius 2 is 1.77 bits per heavy atom. The molecule has 1 aromatic heterocycles. The third-order valence-corrected chi connectivity index (χ3v) is 1.63. The van der Waals surface area contributed by atoms with E-state index in [1.54, 1.807) is 10.7 Å². The van der Waals surface area contributed by atoms with E-state index in [0.717, 1.165) is 5.69 Å². The molecule has 3 nitrogen and oxygen atoms in total. The van der Waals surface area contributed by atoms with Crippen molar-refractivity contribution in [2.24, 2.45) is 0 Å². The maximum absolute atomic E-state index is 5.48. The molecule has 2 rings (SSSR count). The summed E-state index contributed by atoms with van der Waals surface area (Å²) in [7, 11) is 0. The SMILES string of the molecule is Cl.Nc1ccn(-c2ccccc2)n1. The number of para-hydroxylation sites is 1. The molecule has 0 spiro atoms. The molecule has 0 fully saturated rings. The lowest BCUT2D eigenvalue weighted by Crippen LogP contribution is -1.95. The molecule has 1 heterocycles. The number of nitrogens with two attached hydrogens (primary N) is 1. The van der Waals surface area contributed by atoms with E-state index < -0.39 is 0 Å². The van der Waals surface area contributed by atoms with Crippen LogP contribution in [-0.4, -0.2) is 9.78 Å². The largest absolute Gasteiger partial charge is 0.382 e. The van der Waals surface area contributed by atoms with Crippen LogP contribution in [0.3, 0.4) is 0 Å². The summed E-state index contributed by atoms with van der Waals surface area (Å²) in [5.74, 6) is 0.541. The molecule has 2 aromatic rings. The van der Waals surface area contributed by atoms with Crippen molar-refractivity contribution in [1.82, 2.24) is 9.78 Å². The summed E-state index contributed by atoms with van der Waals surface area (Å²) in [6.45, 7) is 0. The molecule has 0 radical (unpaired) electrons. The zero-order valence-electron chi connectivity index (χ0n) is 6.92. The number of nitrogen functional groups attached to an aromatic ring is 1. The third kappa shape index (κ3) is 2.00. The van der Waals surface area contributed by atoms with Gasteiger partial charge in [-0.05, 0) is 12.1 Å². The normalized spacial score (nSPS) is 9.23. The van der Waals surface area contributed by atoms with E-state index in [-0.39, 0.29) is 12.4 Å². The average Bonchev–Trinajstić information content (AvgIpc) is 2.54. The van der Waals surface area contributed by atoms with Crippen molar-refractivity contribution in [3.8, 4) is 5.69 Å². The van der Waals surface area contributed by atoms with Crippen molar-refractivity contribution in [3.05, 3.63) is 42.6 Å². The highest BCUT2D eigenvalue weighted by Crippen LogP contribution is 2.06. The molecule has 0 amide bonds. The van der Waals surface area contributed by atoms with Crippen LogP contribution in [0.15, 0.2) is 42.6 Å². The highest BCUT2D eigenvalue weighted by Gasteiger charge is 1.95. The van der Waals surface area contributed by atoms with Crippen molar-refractivity contribution >= 4 is 18.2 Å². The quantitative estimate of drug-likeness (QED) is 0.755. The number of hydrogen-bond donors (Lipinski definition) is 1. The molecule has 0 saturated heterocycles. The number of nitrogens with zero attached hydrogens (tertiary/aromatic N) is 2. The first kappa shape index (κ1) is 9.61. The Kier molecular flexibility index (Phi) is 2.93. The van der Waals surface area contributed by atoms with Crippen LogP contribution < -0.4 is 5.73 Å². The van der Waals surface area contributed by atoms with Gasteiger partial charge in [0.2, 0.25) is 0 Å². The fraction of sp³-hybridized carbons (Fsp3) is 0. The van der Waals surface area contributed by atoms with Gasteiger partial charge < -0.3 is 5.73 Å². The first-order valence-corrected chi connectivity index (χ1v) is 3.73. The fourth-order valence-electron chi connectivity index (χ4n) is 1.06. The third-order valence-electron chi connectivity index (χ3n) is 1.63. The minimum atomic E-state index is 0. The summed E-state index contributed by atoms with van der Waals surface area (Å²) in [5, 5.41) is 4.08. The Balaban J connectivity index is 0.000000845. The molecule has 2 N–H and O–H groups in total. The minimum absolute atomic E-state index is 0. The highest BCUT2D eigenvalue weighted by molar-refractivity contribution is 5.85. The number of hydrogen-bond acceptors (Lipinski definition) is 2. The monoisotopic (exact) mass is 195 g/mol. The van der Waals surface area contributed by atoms with Crippen LogP contribution in [0.25, 0.3) is 5.69 Å². The first-order chi connectivity index (χ1) is 5.86. The number of rotatable bonds is 1. The van der Waals surface area contributed by atoms with Crippen molar-refractivity contribution < 1.29 is 0 Å². The Morgan fingerprint density at radius 3 is 2.31 bits per heavy atom. The van der Waals surface area contributed by atoms with Crippen molar-refractivity contribution in [2.45, 2.75) is 0 Å². The van der Waals surface area contributed by atoms with Crippen LogP contribution >= 0.6 is 12.4 Å². The Morgan fingerprint density at radius 1 is 1.08 bits per heavy atom. The van der Waals surface area contributed by atoms with Crippen LogP contribution in [0.2, 0.25) is 0 Å². The van der Waals surface area contributed by atoms with E-state index in [1.807, 2.05) is 36.5 Å². The fourth-order valence-corrected chi connectivity index (χ4v) is 1.06. The minimum Gasteiger partial charge on any atom is -0.382 e. The van der Waals surface area contributed by atoms with Gasteiger partial charge in [-0.15, -0.1) is 12.4 Å². The van der Waals surface area contributed by atoms with Crippen molar-refractivity contribution in [2.75, 3.05) is 5.73 Å². The molecule has 4 heteroatoms. The lowest BCUT2D eigenvalue weighted by atomic mass is 10.3. The van der Waals surface area contributed by atoms with Gasteiger partial charge in [-0.3, -0.25) is 0 Å². The van der Waals surface area contributed by atoms with Crippen LogP contribution in [0.4, 0.5) is 5.82 Å². The van der Waals surface area contributed by atoms with E-state index in [0.29, 0.717) is 5.82 Å². The van der Waals surface area contributed by atoms with E-state index >= 15 is 0 Å². The predicted octanol–water partition coefficient (Wildman–Crippen LogP) is 1.88. The van der Waals surface area contributed by atoms with Gasteiger partial charge in [0.15, 0.2) is 0 Å².